The number of thioether (sulfide) groups is 2. The second-order valence-corrected chi connectivity index (χ2v) is 8.45. The molecule has 0 saturated heterocycles. The summed E-state index contributed by atoms with van der Waals surface area (Å²) in [6.07, 6.45) is 1.99. The lowest BCUT2D eigenvalue weighted by molar-refractivity contribution is -0.385. The number of rotatable bonds is 7. The fraction of sp³-hybridized carbons (Fsp3) is 0.429. The topological polar surface area (TPSA) is 121 Å². The fourth-order valence-corrected chi connectivity index (χ4v) is 3.96. The van der Waals surface area contributed by atoms with Crippen LogP contribution in [0.1, 0.15) is 26.7 Å². The van der Waals surface area contributed by atoms with E-state index < -0.39 is 10.6 Å². The van der Waals surface area contributed by atoms with Gasteiger partial charge in [-0.1, -0.05) is 83.8 Å². The van der Waals surface area contributed by atoms with Gasteiger partial charge in [-0.15, -0.1) is 0 Å². The van der Waals surface area contributed by atoms with E-state index in [1.165, 1.54) is 23.5 Å². The van der Waals surface area contributed by atoms with Gasteiger partial charge < -0.3 is 5.73 Å². The zero-order valence-electron chi connectivity index (χ0n) is 14.8. The summed E-state index contributed by atoms with van der Waals surface area (Å²) in [7, 11) is 0. The molecule has 0 unspecified atom stereocenters. The van der Waals surface area contributed by atoms with Crippen LogP contribution in [0.15, 0.2) is 10.3 Å². The zero-order valence-corrected chi connectivity index (χ0v) is 19.4. The predicted molar refractivity (Wildman–Crippen MR) is 117 cm³/mol. The third-order valence-corrected chi connectivity index (χ3v) is 5.87. The van der Waals surface area contributed by atoms with Crippen LogP contribution in [0.3, 0.4) is 0 Å². The van der Waals surface area contributed by atoms with Gasteiger partial charge in [-0.2, -0.15) is 0 Å². The van der Waals surface area contributed by atoms with Gasteiger partial charge in [0, 0.05) is 11.5 Å². The molecule has 0 aliphatic heterocycles. The number of nitro groups is 1. The van der Waals surface area contributed by atoms with Crippen molar-refractivity contribution < 1.29 is 4.92 Å². The van der Waals surface area contributed by atoms with Gasteiger partial charge in [0.05, 0.1) is 4.92 Å². The van der Waals surface area contributed by atoms with Crippen molar-refractivity contribution in [1.29, 1.82) is 0 Å². The van der Waals surface area contributed by atoms with Gasteiger partial charge in [0.25, 0.3) is 0 Å². The number of hydrogen-bond donors (Lipinski definition) is 1. The highest BCUT2D eigenvalue weighted by molar-refractivity contribution is 7.99. The summed E-state index contributed by atoms with van der Waals surface area (Å²) >= 11 is 25.6. The fourth-order valence-electron chi connectivity index (χ4n) is 1.45. The summed E-state index contributed by atoms with van der Waals surface area (Å²) in [6.45, 7) is 4.08. The summed E-state index contributed by atoms with van der Waals surface area (Å²) in [5.41, 5.74) is 5.28. The first kappa shape index (κ1) is 25.3. The Morgan fingerprint density at radius 3 is 1.54 bits per heavy atom. The van der Waals surface area contributed by atoms with Crippen LogP contribution in [0.5, 0.6) is 0 Å². The average molecular weight is 506 g/mol. The van der Waals surface area contributed by atoms with Crippen molar-refractivity contribution in [2.45, 2.75) is 37.0 Å². The molecule has 0 aliphatic rings. The molecule has 2 aromatic heterocycles. The Labute approximate surface area is 190 Å². The molecule has 0 bridgehead atoms. The summed E-state index contributed by atoms with van der Waals surface area (Å²) in [4.78, 5) is 25.3. The van der Waals surface area contributed by atoms with E-state index in [9.17, 15) is 10.1 Å². The molecule has 8 nitrogen and oxygen atoms in total. The Morgan fingerprint density at radius 1 is 0.857 bits per heavy atom. The smallest absolute Gasteiger partial charge is 0.343 e. The van der Waals surface area contributed by atoms with Crippen molar-refractivity contribution in [3.63, 3.8) is 0 Å². The Balaban J connectivity index is 0.000000283. The standard InChI is InChI=1S/C7H7Cl2N3O2S.C7H9Cl2N3S/c1-2-3-15-7-10-5(8)4(12(13)14)6(9)11-7;1-2-3-13-7-11-5(8)4(10)6(9)12-7/h2-3H2,1H3;2-3,10H2,1H3. The van der Waals surface area contributed by atoms with Crippen LogP contribution in [0.4, 0.5) is 11.4 Å². The van der Waals surface area contributed by atoms with E-state index in [4.69, 9.17) is 52.1 Å². The zero-order chi connectivity index (χ0) is 21.3. The van der Waals surface area contributed by atoms with E-state index in [-0.39, 0.29) is 26.3 Å². The Hall–Kier alpha value is -0.780. The second-order valence-electron chi connectivity index (χ2n) is 4.89. The number of anilines is 1. The Kier molecular flexibility index (Phi) is 11.5. The highest BCUT2D eigenvalue weighted by Crippen LogP contribution is 2.31. The number of nitrogens with two attached hydrogens (primary N) is 1. The number of halogens is 4. The van der Waals surface area contributed by atoms with Crippen LogP contribution in [-0.4, -0.2) is 36.4 Å². The molecule has 14 heteroatoms. The Bertz CT molecular complexity index is 784. The molecule has 2 aromatic rings. The van der Waals surface area contributed by atoms with Gasteiger partial charge in [0.2, 0.25) is 10.3 Å². The lowest BCUT2D eigenvalue weighted by Gasteiger charge is -2.02. The van der Waals surface area contributed by atoms with Crippen molar-refractivity contribution in [3.05, 3.63) is 30.7 Å². The molecule has 2 N–H and O–H groups in total. The van der Waals surface area contributed by atoms with Gasteiger partial charge >= 0.3 is 5.69 Å². The lowest BCUT2D eigenvalue weighted by atomic mass is 10.5. The van der Waals surface area contributed by atoms with Crippen LogP contribution in [0.25, 0.3) is 0 Å². The minimum absolute atomic E-state index is 0.221. The molecule has 0 fully saturated rings. The van der Waals surface area contributed by atoms with Crippen LogP contribution in [-0.2, 0) is 0 Å². The number of nitrogens with zero attached hydrogens (tertiary/aromatic N) is 5. The molecule has 154 valence electrons. The third kappa shape index (κ3) is 7.92. The van der Waals surface area contributed by atoms with Gasteiger partial charge in [0.15, 0.2) is 20.6 Å². The minimum Gasteiger partial charge on any atom is -0.394 e. The van der Waals surface area contributed by atoms with Crippen LogP contribution in [0.2, 0.25) is 20.6 Å². The van der Waals surface area contributed by atoms with E-state index in [0.29, 0.717) is 10.3 Å². The van der Waals surface area contributed by atoms with Crippen molar-refractivity contribution in [3.8, 4) is 0 Å². The number of nitrogen functional groups attached to an aromatic ring is 1. The molecule has 0 aliphatic carbocycles. The minimum atomic E-state index is -0.696. The summed E-state index contributed by atoms with van der Waals surface area (Å²) in [6, 6.07) is 0. The monoisotopic (exact) mass is 504 g/mol. The van der Waals surface area contributed by atoms with Crippen molar-refractivity contribution in [1.82, 2.24) is 19.9 Å². The second kappa shape index (κ2) is 12.7. The van der Waals surface area contributed by atoms with Crippen LogP contribution >= 0.6 is 69.9 Å². The highest BCUT2D eigenvalue weighted by Gasteiger charge is 2.22. The molecule has 2 heterocycles. The predicted octanol–water partition coefficient (Wildman–Crippen LogP) is 6.06. The number of aromatic nitrogens is 4. The van der Waals surface area contributed by atoms with Crippen LogP contribution in [0, 0.1) is 10.1 Å². The van der Waals surface area contributed by atoms with Crippen molar-refractivity contribution >= 4 is 81.3 Å². The molecular formula is C14H16Cl4N6O2S2. The van der Waals surface area contributed by atoms with E-state index in [1.807, 2.05) is 6.92 Å². The van der Waals surface area contributed by atoms with Gasteiger partial charge in [-0.25, -0.2) is 19.9 Å². The van der Waals surface area contributed by atoms with Crippen molar-refractivity contribution in [2.75, 3.05) is 17.2 Å². The molecule has 2 rings (SSSR count). The molecular weight excluding hydrogens is 490 g/mol. The van der Waals surface area contributed by atoms with E-state index in [2.05, 4.69) is 26.9 Å². The maximum atomic E-state index is 10.5. The molecule has 0 aromatic carbocycles. The largest absolute Gasteiger partial charge is 0.394 e. The van der Waals surface area contributed by atoms with Gasteiger partial charge in [0.1, 0.15) is 5.69 Å². The van der Waals surface area contributed by atoms with E-state index in [0.717, 1.165) is 24.3 Å². The first-order valence-corrected chi connectivity index (χ1v) is 11.3. The molecule has 0 spiro atoms. The molecule has 0 radical (unpaired) electrons. The highest BCUT2D eigenvalue weighted by atomic mass is 35.5. The van der Waals surface area contributed by atoms with E-state index in [1.54, 1.807) is 0 Å². The first-order chi connectivity index (χ1) is 13.2. The summed E-state index contributed by atoms with van der Waals surface area (Å²) < 4.78 is 0. The first-order valence-electron chi connectivity index (χ1n) is 7.82. The maximum Gasteiger partial charge on any atom is 0.343 e. The lowest BCUT2D eigenvalue weighted by Crippen LogP contribution is -1.97. The van der Waals surface area contributed by atoms with Gasteiger partial charge in [-0.3, -0.25) is 10.1 Å². The molecule has 28 heavy (non-hydrogen) atoms. The molecule has 0 amide bonds. The SMILES string of the molecule is CCCSc1nc(Cl)c(N)c(Cl)n1.CCCSc1nc(Cl)c([N+](=O)[O-])c(Cl)n1. The maximum absolute atomic E-state index is 10.5. The average Bonchev–Trinajstić information content (AvgIpc) is 2.62. The van der Waals surface area contributed by atoms with E-state index >= 15 is 0 Å². The summed E-state index contributed by atoms with van der Waals surface area (Å²) in [5.74, 6) is 1.75. The Morgan fingerprint density at radius 2 is 1.21 bits per heavy atom. The van der Waals surface area contributed by atoms with Crippen LogP contribution < -0.4 is 5.73 Å². The van der Waals surface area contributed by atoms with Gasteiger partial charge in [-0.05, 0) is 12.8 Å². The molecule has 0 atom stereocenters. The van der Waals surface area contributed by atoms with Crippen molar-refractivity contribution in [2.24, 2.45) is 0 Å². The number of hydrogen-bond acceptors (Lipinski definition) is 9. The summed E-state index contributed by atoms with van der Waals surface area (Å²) in [5, 5.41) is 11.4. The quantitative estimate of drug-likeness (QED) is 0.157. The molecule has 0 saturated carbocycles. The third-order valence-electron chi connectivity index (χ3n) is 2.66. The normalized spacial score (nSPS) is 10.4.